The van der Waals surface area contributed by atoms with Crippen LogP contribution in [0.2, 0.25) is 0 Å². The summed E-state index contributed by atoms with van der Waals surface area (Å²) in [6, 6.07) is 1.02. The maximum absolute atomic E-state index is 14.1. The van der Waals surface area contributed by atoms with Gasteiger partial charge in [0, 0.05) is 36.8 Å². The first-order valence-corrected chi connectivity index (χ1v) is 14.7. The number of rotatable bonds is 4. The molecular weight excluding hydrogens is 556 g/mol. The molecule has 2 aliphatic heterocycles. The summed E-state index contributed by atoms with van der Waals surface area (Å²) in [4.78, 5) is 59.7. The van der Waals surface area contributed by atoms with Crippen LogP contribution in [0.5, 0.6) is 0 Å². The first-order valence-electron chi connectivity index (χ1n) is 14.7. The van der Waals surface area contributed by atoms with Crippen molar-refractivity contribution in [3.05, 3.63) is 36.7 Å². The van der Waals surface area contributed by atoms with E-state index in [-0.39, 0.29) is 25.3 Å². The third-order valence-electron chi connectivity index (χ3n) is 8.02. The fraction of sp³-hybridized carbons (Fsp3) is 0.586. The lowest BCUT2D eigenvalue weighted by atomic mass is 10.0. The Labute approximate surface area is 249 Å². The molecule has 0 spiro atoms. The number of carbonyl (C=O) groups excluding carboxylic acids is 3. The van der Waals surface area contributed by atoms with Crippen molar-refractivity contribution < 1.29 is 29.0 Å². The van der Waals surface area contributed by atoms with Crippen LogP contribution in [0.25, 0.3) is 11.4 Å². The predicted octanol–water partition coefficient (Wildman–Crippen LogP) is 2.25. The number of amides is 3. The molecule has 1 saturated carbocycles. The fourth-order valence-electron chi connectivity index (χ4n) is 5.69. The van der Waals surface area contributed by atoms with Crippen molar-refractivity contribution in [1.82, 2.24) is 40.7 Å². The lowest BCUT2D eigenvalue weighted by Gasteiger charge is -2.30. The maximum Gasteiger partial charge on any atom is 0.408 e. The Morgan fingerprint density at radius 1 is 1.16 bits per heavy atom. The smallest absolute Gasteiger partial charge is 0.408 e. The molecule has 3 N–H and O–H groups in total. The number of hydrogen-bond acceptors (Lipinski definition) is 9. The zero-order valence-corrected chi connectivity index (χ0v) is 24.6. The third kappa shape index (κ3) is 6.83. The summed E-state index contributed by atoms with van der Waals surface area (Å²) in [5.74, 6) is -2.11. The Bertz CT molecular complexity index is 1390. The average molecular weight is 595 g/mol. The Morgan fingerprint density at radius 2 is 1.93 bits per heavy atom. The highest BCUT2D eigenvalue weighted by Gasteiger charge is 2.61. The summed E-state index contributed by atoms with van der Waals surface area (Å²) in [6.45, 7) is 5.27. The van der Waals surface area contributed by atoms with E-state index in [1.807, 2.05) is 12.2 Å². The quantitative estimate of drug-likeness (QED) is 0.444. The molecule has 2 aromatic rings. The van der Waals surface area contributed by atoms with Crippen LogP contribution in [0.15, 0.2) is 36.7 Å². The number of carboxylic acids is 1. The van der Waals surface area contributed by atoms with Gasteiger partial charge in [-0.15, -0.1) is 10.2 Å². The van der Waals surface area contributed by atoms with E-state index in [4.69, 9.17) is 4.74 Å². The van der Waals surface area contributed by atoms with Gasteiger partial charge in [0.15, 0.2) is 0 Å². The van der Waals surface area contributed by atoms with Crippen molar-refractivity contribution in [2.75, 3.05) is 6.54 Å². The number of pyridine rings is 1. The fourth-order valence-corrected chi connectivity index (χ4v) is 5.69. The van der Waals surface area contributed by atoms with Gasteiger partial charge >= 0.3 is 12.1 Å². The van der Waals surface area contributed by atoms with Crippen LogP contribution >= 0.6 is 0 Å². The van der Waals surface area contributed by atoms with Crippen molar-refractivity contribution in [3.8, 4) is 11.4 Å². The normalized spacial score (nSPS) is 28.9. The third-order valence-corrected chi connectivity index (χ3v) is 8.02. The van der Waals surface area contributed by atoms with E-state index >= 15 is 0 Å². The molecule has 5 rings (SSSR count). The molecule has 0 radical (unpaired) electrons. The van der Waals surface area contributed by atoms with Crippen molar-refractivity contribution in [2.24, 2.45) is 5.92 Å². The molecule has 1 saturated heterocycles. The molecular formula is C29H38N8O6. The molecule has 2 fully saturated rings. The number of nitrogens with one attached hydrogen (secondary N) is 2. The molecule has 230 valence electrons. The van der Waals surface area contributed by atoms with E-state index in [2.05, 4.69) is 31.0 Å². The van der Waals surface area contributed by atoms with Gasteiger partial charge in [0.2, 0.25) is 17.6 Å². The van der Waals surface area contributed by atoms with Crippen LogP contribution in [0.4, 0.5) is 4.79 Å². The molecule has 3 amide bonds. The number of nitrogens with zero attached hydrogens (tertiary/aromatic N) is 6. The summed E-state index contributed by atoms with van der Waals surface area (Å²) in [6.07, 6.45) is 10.1. The minimum Gasteiger partial charge on any atom is -0.479 e. The highest BCUT2D eigenvalue weighted by Crippen LogP contribution is 2.45. The summed E-state index contributed by atoms with van der Waals surface area (Å²) >= 11 is 0. The Balaban J connectivity index is 1.44. The van der Waals surface area contributed by atoms with Gasteiger partial charge < -0.3 is 25.4 Å². The van der Waals surface area contributed by atoms with Crippen LogP contribution < -0.4 is 10.6 Å². The number of allylic oxidation sites excluding steroid dienone is 1. The van der Waals surface area contributed by atoms with Crippen LogP contribution in [0.3, 0.4) is 0 Å². The van der Waals surface area contributed by atoms with E-state index in [0.717, 1.165) is 19.3 Å². The number of hydrogen-bond donors (Lipinski definition) is 3. The zero-order chi connectivity index (χ0) is 30.8. The van der Waals surface area contributed by atoms with E-state index in [1.165, 1.54) is 9.70 Å². The topological polar surface area (TPSA) is 182 Å². The molecule has 3 aliphatic rings. The van der Waals surface area contributed by atoms with Crippen LogP contribution in [0.1, 0.15) is 71.8 Å². The maximum atomic E-state index is 14.1. The Kier molecular flexibility index (Phi) is 8.47. The lowest BCUT2D eigenvalue weighted by Crippen LogP contribution is -2.56. The second-order valence-electron chi connectivity index (χ2n) is 12.4. The van der Waals surface area contributed by atoms with Crippen molar-refractivity contribution in [2.45, 2.75) is 95.0 Å². The molecule has 4 heterocycles. The van der Waals surface area contributed by atoms with Crippen molar-refractivity contribution in [3.63, 3.8) is 0 Å². The molecule has 5 atom stereocenters. The molecule has 0 aromatic carbocycles. The zero-order valence-electron chi connectivity index (χ0n) is 24.6. The number of carbonyl (C=O) groups is 4. The molecule has 0 unspecified atom stereocenters. The van der Waals surface area contributed by atoms with E-state index in [9.17, 15) is 24.3 Å². The highest BCUT2D eigenvalue weighted by molar-refractivity contribution is 5.96. The standard InChI is InChI=1S/C29H38N8O6/c1-28(2,3)43-27(42)31-21-10-8-6-4-5-7-9-19-16-29(19,26(40)41)32-24(38)22-15-20(17-36(22)25(21)39)37-34-23(33-35-37)18-11-13-30-14-12-18/h7,9,11-14,19-22H,4-6,8,10,15-17H2,1-3H3,(H,31,42)(H,32,38)(H,40,41)/b9-7-/t19-,20+,21-,22-,29+/m0/s1. The number of tetrazole rings is 1. The van der Waals surface area contributed by atoms with Crippen LogP contribution in [0, 0.1) is 5.92 Å². The number of aliphatic carboxylic acids is 1. The number of alkyl carbamates (subject to hydrolysis) is 1. The van der Waals surface area contributed by atoms with Gasteiger partial charge in [0.25, 0.3) is 0 Å². The van der Waals surface area contributed by atoms with E-state index in [1.54, 1.807) is 45.3 Å². The summed E-state index contributed by atoms with van der Waals surface area (Å²) in [5.41, 5.74) is -1.48. The monoisotopic (exact) mass is 594 g/mol. The predicted molar refractivity (Wildman–Crippen MR) is 152 cm³/mol. The highest BCUT2D eigenvalue weighted by atomic mass is 16.6. The summed E-state index contributed by atoms with van der Waals surface area (Å²) in [5, 5.41) is 28.4. The first-order chi connectivity index (χ1) is 20.5. The van der Waals surface area contributed by atoms with Gasteiger partial charge in [-0.3, -0.25) is 14.6 Å². The minimum absolute atomic E-state index is 0.0684. The number of fused-ring (bicyclic) bond motifs is 2. The summed E-state index contributed by atoms with van der Waals surface area (Å²) < 4.78 is 5.43. The van der Waals surface area contributed by atoms with Gasteiger partial charge in [-0.2, -0.15) is 4.80 Å². The second-order valence-corrected chi connectivity index (χ2v) is 12.4. The molecule has 2 aromatic heterocycles. The number of carboxylic acid groups (broad SMARTS) is 1. The average Bonchev–Trinajstić information content (AvgIpc) is 3.28. The van der Waals surface area contributed by atoms with E-state index in [0.29, 0.717) is 24.2 Å². The molecule has 14 heteroatoms. The summed E-state index contributed by atoms with van der Waals surface area (Å²) in [7, 11) is 0. The minimum atomic E-state index is -1.42. The first kappa shape index (κ1) is 30.1. The van der Waals surface area contributed by atoms with Crippen molar-refractivity contribution in [1.29, 1.82) is 0 Å². The molecule has 14 nitrogen and oxygen atoms in total. The van der Waals surface area contributed by atoms with Gasteiger partial charge in [0.05, 0.1) is 6.04 Å². The Hall–Kier alpha value is -4.36. The van der Waals surface area contributed by atoms with Crippen LogP contribution in [-0.2, 0) is 19.1 Å². The number of aromatic nitrogens is 5. The second kappa shape index (κ2) is 12.1. The van der Waals surface area contributed by atoms with Gasteiger partial charge in [-0.05, 0) is 63.8 Å². The van der Waals surface area contributed by atoms with Crippen LogP contribution in [-0.4, -0.2) is 88.8 Å². The molecule has 0 bridgehead atoms. The largest absolute Gasteiger partial charge is 0.479 e. The van der Waals surface area contributed by atoms with Gasteiger partial charge in [-0.25, -0.2) is 9.59 Å². The van der Waals surface area contributed by atoms with E-state index < -0.39 is 53.1 Å². The van der Waals surface area contributed by atoms with Gasteiger partial charge in [0.1, 0.15) is 23.2 Å². The SMILES string of the molecule is CC(C)(C)OC(=O)N[C@H]1CCCCC/C=C\[C@H]2C[C@@]2(C(=O)O)NC(=O)[C@@H]2C[C@@H](n3nnc(-c4ccncc4)n3)CN2C1=O. The molecule has 43 heavy (non-hydrogen) atoms. The number of ether oxygens (including phenoxy) is 1. The Morgan fingerprint density at radius 3 is 2.65 bits per heavy atom. The van der Waals surface area contributed by atoms with Gasteiger partial charge in [-0.1, -0.05) is 25.0 Å². The lowest BCUT2D eigenvalue weighted by molar-refractivity contribution is -0.145. The van der Waals surface area contributed by atoms with Crippen molar-refractivity contribution >= 4 is 23.9 Å². The molecule has 1 aliphatic carbocycles.